The number of hydrogen-bond acceptors (Lipinski definition) is 5. The number of nitrogens with zero attached hydrogens (tertiary/aromatic N) is 2. The van der Waals surface area contributed by atoms with Crippen molar-refractivity contribution in [3.8, 4) is 0 Å². The summed E-state index contributed by atoms with van der Waals surface area (Å²) in [7, 11) is 1.91. The van der Waals surface area contributed by atoms with Gasteiger partial charge in [0.2, 0.25) is 0 Å². The molecule has 2 aliphatic heterocycles. The molecule has 3 fully saturated rings. The third kappa shape index (κ3) is 2.16. The van der Waals surface area contributed by atoms with Crippen LogP contribution in [0.15, 0.2) is 6.07 Å². The van der Waals surface area contributed by atoms with E-state index in [1.54, 1.807) is 0 Å². The highest BCUT2D eigenvalue weighted by molar-refractivity contribution is 5.48. The van der Waals surface area contributed by atoms with Crippen LogP contribution in [-0.4, -0.2) is 35.3 Å². The van der Waals surface area contributed by atoms with Gasteiger partial charge >= 0.3 is 0 Å². The van der Waals surface area contributed by atoms with Crippen molar-refractivity contribution in [2.45, 2.75) is 56.3 Å². The molecule has 1 saturated carbocycles. The zero-order valence-electron chi connectivity index (χ0n) is 11.2. The van der Waals surface area contributed by atoms with Gasteiger partial charge in [-0.05, 0) is 32.1 Å². The Hall–Kier alpha value is -1.36. The third-order valence-electron chi connectivity index (χ3n) is 4.38. The van der Waals surface area contributed by atoms with E-state index in [1.165, 1.54) is 25.7 Å². The average Bonchev–Trinajstić information content (AvgIpc) is 3.09. The maximum atomic E-state index is 5.88. The van der Waals surface area contributed by atoms with E-state index < -0.39 is 0 Å². The predicted molar refractivity (Wildman–Crippen MR) is 73.5 cm³/mol. The standard InChI is InChI=1S/C14H20N4O/c1-15-12-7-13(18-14(17-12)8-2-3-8)16-10-6-9-4-5-11(10)19-9/h7-11H,2-6H2,1H3,(H2,15,16,17,18). The number of anilines is 2. The molecule has 102 valence electrons. The van der Waals surface area contributed by atoms with E-state index in [2.05, 4.69) is 20.6 Å². The first-order chi connectivity index (χ1) is 9.31. The van der Waals surface area contributed by atoms with E-state index in [9.17, 15) is 0 Å². The fraction of sp³-hybridized carbons (Fsp3) is 0.714. The van der Waals surface area contributed by atoms with Gasteiger partial charge in [-0.1, -0.05) is 0 Å². The van der Waals surface area contributed by atoms with Crippen molar-refractivity contribution < 1.29 is 4.74 Å². The summed E-state index contributed by atoms with van der Waals surface area (Å²) in [5, 5.41) is 6.68. The van der Waals surface area contributed by atoms with Crippen LogP contribution in [0.25, 0.3) is 0 Å². The monoisotopic (exact) mass is 260 g/mol. The van der Waals surface area contributed by atoms with Crippen molar-refractivity contribution >= 4 is 11.6 Å². The number of aromatic nitrogens is 2. The summed E-state index contributed by atoms with van der Waals surface area (Å²) in [5.74, 6) is 3.41. The number of fused-ring (bicyclic) bond motifs is 2. The zero-order valence-corrected chi connectivity index (χ0v) is 11.2. The second kappa shape index (κ2) is 4.34. The molecular formula is C14H20N4O. The highest BCUT2D eigenvalue weighted by atomic mass is 16.5. The van der Waals surface area contributed by atoms with Crippen molar-refractivity contribution in [1.82, 2.24) is 9.97 Å². The van der Waals surface area contributed by atoms with Crippen LogP contribution in [0.4, 0.5) is 11.6 Å². The van der Waals surface area contributed by atoms with Gasteiger partial charge in [0.15, 0.2) is 0 Å². The van der Waals surface area contributed by atoms with Crippen LogP contribution < -0.4 is 10.6 Å². The number of rotatable bonds is 4. The SMILES string of the molecule is CNc1cc(NC2CC3CCC2O3)nc(C2CC2)n1. The molecule has 3 unspecified atom stereocenters. The second-order valence-electron chi connectivity index (χ2n) is 5.88. The van der Waals surface area contributed by atoms with Gasteiger partial charge < -0.3 is 15.4 Å². The van der Waals surface area contributed by atoms with Crippen molar-refractivity contribution in [3.05, 3.63) is 11.9 Å². The molecule has 0 amide bonds. The lowest BCUT2D eigenvalue weighted by Gasteiger charge is -2.21. The molecule has 1 aromatic rings. The van der Waals surface area contributed by atoms with Gasteiger partial charge in [-0.3, -0.25) is 0 Å². The van der Waals surface area contributed by atoms with Crippen LogP contribution >= 0.6 is 0 Å². The molecule has 3 aliphatic rings. The fourth-order valence-corrected chi connectivity index (χ4v) is 3.17. The molecule has 3 atom stereocenters. The van der Waals surface area contributed by atoms with E-state index in [4.69, 9.17) is 4.74 Å². The van der Waals surface area contributed by atoms with Gasteiger partial charge in [0.05, 0.1) is 18.2 Å². The summed E-state index contributed by atoms with van der Waals surface area (Å²) in [6, 6.07) is 2.42. The molecule has 19 heavy (non-hydrogen) atoms. The van der Waals surface area contributed by atoms with Crippen LogP contribution in [0.1, 0.15) is 43.8 Å². The van der Waals surface area contributed by atoms with Crippen molar-refractivity contribution in [2.24, 2.45) is 0 Å². The predicted octanol–water partition coefficient (Wildman–Crippen LogP) is 2.13. The average molecular weight is 260 g/mol. The van der Waals surface area contributed by atoms with E-state index in [-0.39, 0.29) is 0 Å². The van der Waals surface area contributed by atoms with Crippen LogP contribution in [0.3, 0.4) is 0 Å². The summed E-state index contributed by atoms with van der Waals surface area (Å²) in [5.41, 5.74) is 0. The van der Waals surface area contributed by atoms with Crippen LogP contribution in [0.5, 0.6) is 0 Å². The van der Waals surface area contributed by atoms with Gasteiger partial charge in [-0.25, -0.2) is 9.97 Å². The van der Waals surface area contributed by atoms with Gasteiger partial charge in [0.25, 0.3) is 0 Å². The van der Waals surface area contributed by atoms with E-state index >= 15 is 0 Å². The number of hydrogen-bond donors (Lipinski definition) is 2. The van der Waals surface area contributed by atoms with E-state index in [0.717, 1.165) is 23.9 Å². The molecular weight excluding hydrogens is 240 g/mol. The van der Waals surface area contributed by atoms with Crippen LogP contribution in [0, 0.1) is 0 Å². The summed E-state index contributed by atoms with van der Waals surface area (Å²) >= 11 is 0. The third-order valence-corrected chi connectivity index (χ3v) is 4.38. The zero-order chi connectivity index (χ0) is 12.8. The van der Waals surface area contributed by atoms with Gasteiger partial charge in [-0.15, -0.1) is 0 Å². The van der Waals surface area contributed by atoms with Crippen LogP contribution in [-0.2, 0) is 4.74 Å². The second-order valence-corrected chi connectivity index (χ2v) is 5.88. The lowest BCUT2D eigenvalue weighted by molar-refractivity contribution is 0.102. The smallest absolute Gasteiger partial charge is 0.136 e. The van der Waals surface area contributed by atoms with Crippen molar-refractivity contribution in [3.63, 3.8) is 0 Å². The largest absolute Gasteiger partial charge is 0.373 e. The molecule has 3 heterocycles. The molecule has 0 spiro atoms. The van der Waals surface area contributed by atoms with Crippen molar-refractivity contribution in [1.29, 1.82) is 0 Å². The molecule has 5 heteroatoms. The minimum atomic E-state index is 0.377. The summed E-state index contributed by atoms with van der Waals surface area (Å²) in [4.78, 5) is 9.22. The maximum Gasteiger partial charge on any atom is 0.136 e. The Labute approximate surface area is 113 Å². The Kier molecular flexibility index (Phi) is 2.62. The minimum absolute atomic E-state index is 0.377. The van der Waals surface area contributed by atoms with Crippen molar-refractivity contribution in [2.75, 3.05) is 17.7 Å². The molecule has 2 N–H and O–H groups in total. The fourth-order valence-electron chi connectivity index (χ4n) is 3.17. The Morgan fingerprint density at radius 1 is 1.16 bits per heavy atom. The van der Waals surface area contributed by atoms with Crippen LogP contribution in [0.2, 0.25) is 0 Å². The maximum absolute atomic E-state index is 5.88. The van der Waals surface area contributed by atoms with E-state index in [1.807, 2.05) is 13.1 Å². The first kappa shape index (κ1) is 11.5. The Morgan fingerprint density at radius 2 is 2.00 bits per heavy atom. The van der Waals surface area contributed by atoms with E-state index in [0.29, 0.717) is 24.2 Å². The number of ether oxygens (including phenoxy) is 1. The molecule has 1 aliphatic carbocycles. The minimum Gasteiger partial charge on any atom is -0.373 e. The molecule has 1 aromatic heterocycles. The van der Waals surface area contributed by atoms with Gasteiger partial charge in [-0.2, -0.15) is 0 Å². The highest BCUT2D eigenvalue weighted by Gasteiger charge is 2.41. The molecule has 0 aromatic carbocycles. The molecule has 2 saturated heterocycles. The molecule has 5 nitrogen and oxygen atoms in total. The lowest BCUT2D eigenvalue weighted by atomic mass is 9.95. The molecule has 0 radical (unpaired) electrons. The lowest BCUT2D eigenvalue weighted by Crippen LogP contribution is -2.31. The van der Waals surface area contributed by atoms with Gasteiger partial charge in [0.1, 0.15) is 17.5 Å². The Bertz CT molecular complexity index is 488. The number of nitrogens with one attached hydrogen (secondary N) is 2. The first-order valence-corrected chi connectivity index (χ1v) is 7.30. The highest BCUT2D eigenvalue weighted by Crippen LogP contribution is 2.39. The topological polar surface area (TPSA) is 59.1 Å². The summed E-state index contributed by atoms with van der Waals surface area (Å²) in [6.07, 6.45) is 6.82. The Morgan fingerprint density at radius 3 is 2.63 bits per heavy atom. The Balaban J connectivity index is 1.54. The summed E-state index contributed by atoms with van der Waals surface area (Å²) < 4.78 is 5.88. The molecule has 4 rings (SSSR count). The van der Waals surface area contributed by atoms with Gasteiger partial charge in [0, 0.05) is 19.0 Å². The quantitative estimate of drug-likeness (QED) is 0.868. The summed E-state index contributed by atoms with van der Waals surface area (Å²) in [6.45, 7) is 0. The normalized spacial score (nSPS) is 32.6. The first-order valence-electron chi connectivity index (χ1n) is 7.30. The molecule has 2 bridgehead atoms.